The topological polar surface area (TPSA) is 118 Å². The maximum absolute atomic E-state index is 12.6. The van der Waals surface area contributed by atoms with E-state index < -0.39 is 5.91 Å². The number of hydrogen-bond acceptors (Lipinski definition) is 5. The number of nitrogens with two attached hydrogens (primary N) is 1. The molecule has 3 rings (SSSR count). The van der Waals surface area contributed by atoms with Gasteiger partial charge in [0.1, 0.15) is 11.5 Å². The second-order valence-electron chi connectivity index (χ2n) is 5.64. The molecule has 8 nitrogen and oxygen atoms in total. The zero-order chi connectivity index (χ0) is 16.4. The predicted molar refractivity (Wildman–Crippen MR) is 80.9 cm³/mol. The lowest BCUT2D eigenvalue weighted by atomic mass is 9.94. The summed E-state index contributed by atoms with van der Waals surface area (Å²) in [5.74, 6) is 0.0290. The van der Waals surface area contributed by atoms with Crippen molar-refractivity contribution in [3.63, 3.8) is 0 Å². The molecule has 8 heteroatoms. The highest BCUT2D eigenvalue weighted by molar-refractivity contribution is 5.93. The highest BCUT2D eigenvalue weighted by atomic mass is 16.3. The van der Waals surface area contributed by atoms with Crippen molar-refractivity contribution >= 4 is 11.8 Å². The first-order valence-corrected chi connectivity index (χ1v) is 7.67. The van der Waals surface area contributed by atoms with Crippen molar-refractivity contribution in [1.82, 2.24) is 20.1 Å². The van der Waals surface area contributed by atoms with Crippen LogP contribution in [0.4, 0.5) is 0 Å². The van der Waals surface area contributed by atoms with Gasteiger partial charge in [0.2, 0.25) is 0 Å². The number of rotatable bonds is 4. The van der Waals surface area contributed by atoms with E-state index in [1.165, 1.54) is 6.39 Å². The van der Waals surface area contributed by atoms with Crippen molar-refractivity contribution < 1.29 is 14.0 Å². The summed E-state index contributed by atoms with van der Waals surface area (Å²) in [5.41, 5.74) is 6.65. The molecule has 2 aromatic rings. The van der Waals surface area contributed by atoms with Gasteiger partial charge in [0.15, 0.2) is 12.1 Å². The summed E-state index contributed by atoms with van der Waals surface area (Å²) in [6.45, 7) is 3.16. The SMILES string of the molecule is CCc1ocnc1C(=O)N1CCC[C@@H](c2cc(C(N)=O)n[nH]2)C1. The Kier molecular flexibility index (Phi) is 4.14. The van der Waals surface area contributed by atoms with E-state index in [1.807, 2.05) is 6.92 Å². The number of piperidine rings is 1. The summed E-state index contributed by atoms with van der Waals surface area (Å²) >= 11 is 0. The van der Waals surface area contributed by atoms with Crippen LogP contribution in [0.1, 0.15) is 58.1 Å². The van der Waals surface area contributed by atoms with E-state index in [1.54, 1.807) is 11.0 Å². The molecule has 2 aromatic heterocycles. The first-order valence-electron chi connectivity index (χ1n) is 7.67. The number of amides is 2. The van der Waals surface area contributed by atoms with Crippen molar-refractivity contribution in [3.8, 4) is 0 Å². The lowest BCUT2D eigenvalue weighted by molar-refractivity contribution is 0.0698. The van der Waals surface area contributed by atoms with Crippen LogP contribution in [0, 0.1) is 0 Å². The molecular weight excluding hydrogens is 298 g/mol. The zero-order valence-electron chi connectivity index (χ0n) is 12.9. The largest absolute Gasteiger partial charge is 0.448 e. The van der Waals surface area contributed by atoms with Gasteiger partial charge >= 0.3 is 0 Å². The molecule has 3 N–H and O–H groups in total. The first-order chi connectivity index (χ1) is 11.1. The highest BCUT2D eigenvalue weighted by Gasteiger charge is 2.29. The van der Waals surface area contributed by atoms with Gasteiger partial charge in [-0.2, -0.15) is 5.10 Å². The van der Waals surface area contributed by atoms with E-state index in [2.05, 4.69) is 15.2 Å². The van der Waals surface area contributed by atoms with Gasteiger partial charge in [-0.3, -0.25) is 14.7 Å². The molecule has 23 heavy (non-hydrogen) atoms. The minimum atomic E-state index is -0.563. The fraction of sp³-hybridized carbons (Fsp3) is 0.467. The Balaban J connectivity index is 1.75. The maximum atomic E-state index is 12.6. The van der Waals surface area contributed by atoms with Gasteiger partial charge in [0.05, 0.1) is 0 Å². The summed E-state index contributed by atoms with van der Waals surface area (Å²) in [4.78, 5) is 29.6. The first kappa shape index (κ1) is 15.3. The number of carbonyl (C=O) groups is 2. The Labute approximate surface area is 133 Å². The lowest BCUT2D eigenvalue weighted by Crippen LogP contribution is -2.39. The van der Waals surface area contributed by atoms with Crippen molar-refractivity contribution in [1.29, 1.82) is 0 Å². The molecule has 2 amide bonds. The number of primary amides is 1. The van der Waals surface area contributed by atoms with E-state index in [0.717, 1.165) is 18.5 Å². The number of aryl methyl sites for hydroxylation is 1. The van der Waals surface area contributed by atoms with E-state index in [0.29, 0.717) is 31.0 Å². The van der Waals surface area contributed by atoms with E-state index in [4.69, 9.17) is 10.2 Å². The van der Waals surface area contributed by atoms with Crippen LogP contribution in [0.25, 0.3) is 0 Å². The Morgan fingerprint density at radius 3 is 3.04 bits per heavy atom. The fourth-order valence-electron chi connectivity index (χ4n) is 2.93. The highest BCUT2D eigenvalue weighted by Crippen LogP contribution is 2.27. The third kappa shape index (κ3) is 2.96. The molecule has 1 saturated heterocycles. The molecule has 0 unspecified atom stereocenters. The minimum absolute atomic E-state index is 0.102. The number of carbonyl (C=O) groups excluding carboxylic acids is 2. The fourth-order valence-corrected chi connectivity index (χ4v) is 2.93. The van der Waals surface area contributed by atoms with Gasteiger partial charge in [-0.25, -0.2) is 4.98 Å². The van der Waals surface area contributed by atoms with Gasteiger partial charge < -0.3 is 15.1 Å². The second kappa shape index (κ2) is 6.23. The summed E-state index contributed by atoms with van der Waals surface area (Å²) in [6.07, 6.45) is 3.73. The molecule has 3 heterocycles. The average molecular weight is 317 g/mol. The molecule has 0 aliphatic carbocycles. The van der Waals surface area contributed by atoms with Crippen molar-refractivity contribution in [2.24, 2.45) is 5.73 Å². The minimum Gasteiger partial charge on any atom is -0.448 e. The summed E-state index contributed by atoms with van der Waals surface area (Å²) in [7, 11) is 0. The maximum Gasteiger partial charge on any atom is 0.276 e. The van der Waals surface area contributed by atoms with Crippen LogP contribution in [0.15, 0.2) is 16.9 Å². The number of aromatic nitrogens is 3. The molecular formula is C15H19N5O3. The number of oxazole rings is 1. The monoisotopic (exact) mass is 317 g/mol. The molecule has 0 bridgehead atoms. The third-order valence-electron chi connectivity index (χ3n) is 4.16. The van der Waals surface area contributed by atoms with E-state index in [9.17, 15) is 9.59 Å². The Morgan fingerprint density at radius 2 is 2.35 bits per heavy atom. The Morgan fingerprint density at radius 1 is 1.52 bits per heavy atom. The smallest absolute Gasteiger partial charge is 0.276 e. The molecule has 1 aliphatic rings. The number of nitrogens with one attached hydrogen (secondary N) is 1. The zero-order valence-corrected chi connectivity index (χ0v) is 12.9. The van der Waals surface area contributed by atoms with Crippen molar-refractivity contribution in [2.45, 2.75) is 32.1 Å². The van der Waals surface area contributed by atoms with Crippen LogP contribution in [-0.4, -0.2) is 45.0 Å². The number of H-pyrrole nitrogens is 1. The van der Waals surface area contributed by atoms with Crippen LogP contribution in [-0.2, 0) is 6.42 Å². The van der Waals surface area contributed by atoms with E-state index >= 15 is 0 Å². The molecule has 1 aliphatic heterocycles. The molecule has 0 spiro atoms. The van der Waals surface area contributed by atoms with Crippen molar-refractivity contribution in [3.05, 3.63) is 35.3 Å². The predicted octanol–water partition coefficient (Wildman–Crippen LogP) is 1.08. The third-order valence-corrected chi connectivity index (χ3v) is 4.16. The van der Waals surface area contributed by atoms with Crippen molar-refractivity contribution in [2.75, 3.05) is 13.1 Å². The number of likely N-dealkylation sites (tertiary alicyclic amines) is 1. The average Bonchev–Trinajstić information content (AvgIpc) is 3.23. The van der Waals surface area contributed by atoms with Gasteiger partial charge in [0.25, 0.3) is 11.8 Å². The molecule has 0 radical (unpaired) electrons. The Bertz CT molecular complexity index is 720. The van der Waals surface area contributed by atoms with Gasteiger partial charge in [-0.15, -0.1) is 0 Å². The molecule has 1 fully saturated rings. The van der Waals surface area contributed by atoms with Gasteiger partial charge in [-0.1, -0.05) is 6.92 Å². The van der Waals surface area contributed by atoms with Crippen LogP contribution in [0.2, 0.25) is 0 Å². The molecule has 0 saturated carbocycles. The summed E-state index contributed by atoms with van der Waals surface area (Å²) in [6, 6.07) is 1.66. The standard InChI is InChI=1S/C15H19N5O3/c1-2-12-13(17-8-23-12)15(22)20-5-3-4-9(7-20)10-6-11(14(16)21)19-18-10/h6,8-9H,2-5,7H2,1H3,(H2,16,21)(H,18,19)/t9-/m1/s1. The van der Waals surface area contributed by atoms with Crippen LogP contribution < -0.4 is 5.73 Å². The summed E-state index contributed by atoms with van der Waals surface area (Å²) in [5, 5.41) is 6.76. The number of aromatic amines is 1. The quantitative estimate of drug-likeness (QED) is 0.874. The molecule has 122 valence electrons. The molecule has 1 atom stereocenters. The van der Waals surface area contributed by atoms with Gasteiger partial charge in [0, 0.05) is 31.1 Å². The normalized spacial score (nSPS) is 18.1. The van der Waals surface area contributed by atoms with E-state index in [-0.39, 0.29) is 17.5 Å². The number of nitrogens with zero attached hydrogens (tertiary/aromatic N) is 3. The second-order valence-corrected chi connectivity index (χ2v) is 5.64. The summed E-state index contributed by atoms with van der Waals surface area (Å²) < 4.78 is 5.24. The molecule has 0 aromatic carbocycles. The van der Waals surface area contributed by atoms with Crippen LogP contribution in [0.5, 0.6) is 0 Å². The number of hydrogen-bond donors (Lipinski definition) is 2. The van der Waals surface area contributed by atoms with Crippen LogP contribution in [0.3, 0.4) is 0 Å². The van der Waals surface area contributed by atoms with Crippen LogP contribution >= 0.6 is 0 Å². The lowest BCUT2D eigenvalue weighted by Gasteiger charge is -2.31. The van der Waals surface area contributed by atoms with Gasteiger partial charge in [-0.05, 0) is 18.9 Å². The Hall–Kier alpha value is -2.64.